The molecular formula is C22H29N5O. The van der Waals surface area contributed by atoms with Crippen LogP contribution in [-0.2, 0) is 11.2 Å². The number of nitrogens with zero attached hydrogens (tertiary/aromatic N) is 2. The van der Waals surface area contributed by atoms with Gasteiger partial charge in [0, 0.05) is 38.4 Å². The number of aliphatic imine (C=N–C) groups is 1. The monoisotopic (exact) mass is 379 g/mol. The standard InChI is InChI=1S/C22H29N5O/c1-23-22(25-16-21(28)24-14-12-18-8-4-2-5-9-18)26-19-13-15-27(17-19)20-10-6-3-7-11-20/h2-11,19H,12-17H2,1H3,(H,24,28)(H2,23,25,26). The second-order valence-corrected chi connectivity index (χ2v) is 6.92. The number of amides is 1. The van der Waals surface area contributed by atoms with Gasteiger partial charge in [0.25, 0.3) is 0 Å². The Morgan fingerprint density at radius 3 is 2.50 bits per heavy atom. The Morgan fingerprint density at radius 1 is 1.07 bits per heavy atom. The number of carbonyl (C=O) groups excluding carboxylic acids is 1. The van der Waals surface area contributed by atoms with Crippen molar-refractivity contribution < 1.29 is 4.79 Å². The van der Waals surface area contributed by atoms with Crippen LogP contribution in [0.25, 0.3) is 0 Å². The summed E-state index contributed by atoms with van der Waals surface area (Å²) in [6.45, 7) is 2.78. The SMILES string of the molecule is CN=C(NCC(=O)NCCc1ccccc1)NC1CCN(c2ccccc2)C1. The summed E-state index contributed by atoms with van der Waals surface area (Å²) >= 11 is 0. The fraction of sp³-hybridized carbons (Fsp3) is 0.364. The van der Waals surface area contributed by atoms with Crippen LogP contribution in [0.5, 0.6) is 0 Å². The van der Waals surface area contributed by atoms with E-state index in [0.717, 1.165) is 25.9 Å². The third-order valence-electron chi connectivity index (χ3n) is 4.87. The van der Waals surface area contributed by atoms with Crippen LogP contribution in [0.2, 0.25) is 0 Å². The lowest BCUT2D eigenvalue weighted by Crippen LogP contribution is -2.47. The van der Waals surface area contributed by atoms with Crippen LogP contribution in [0.4, 0.5) is 5.69 Å². The van der Waals surface area contributed by atoms with E-state index < -0.39 is 0 Å². The number of hydrogen-bond donors (Lipinski definition) is 3. The maximum absolute atomic E-state index is 12.1. The quantitative estimate of drug-likeness (QED) is 0.507. The minimum absolute atomic E-state index is 0.0313. The van der Waals surface area contributed by atoms with Crippen molar-refractivity contribution in [3.63, 3.8) is 0 Å². The highest BCUT2D eigenvalue weighted by Gasteiger charge is 2.23. The molecule has 6 nitrogen and oxygen atoms in total. The van der Waals surface area contributed by atoms with E-state index >= 15 is 0 Å². The van der Waals surface area contributed by atoms with Gasteiger partial charge in [-0.3, -0.25) is 9.79 Å². The van der Waals surface area contributed by atoms with Crippen molar-refractivity contribution in [3.05, 3.63) is 66.2 Å². The van der Waals surface area contributed by atoms with Gasteiger partial charge < -0.3 is 20.9 Å². The van der Waals surface area contributed by atoms with E-state index in [0.29, 0.717) is 18.5 Å². The summed E-state index contributed by atoms with van der Waals surface area (Å²) in [7, 11) is 1.73. The van der Waals surface area contributed by atoms with Gasteiger partial charge in [-0.15, -0.1) is 0 Å². The topological polar surface area (TPSA) is 68.8 Å². The fourth-order valence-corrected chi connectivity index (χ4v) is 3.36. The Labute approximate surface area is 167 Å². The van der Waals surface area contributed by atoms with Crippen LogP contribution in [0, 0.1) is 0 Å². The zero-order valence-corrected chi connectivity index (χ0v) is 16.4. The van der Waals surface area contributed by atoms with Crippen molar-refractivity contribution in [2.24, 2.45) is 4.99 Å². The van der Waals surface area contributed by atoms with Gasteiger partial charge >= 0.3 is 0 Å². The molecule has 3 rings (SSSR count). The average molecular weight is 380 g/mol. The van der Waals surface area contributed by atoms with Crippen LogP contribution in [0.15, 0.2) is 65.7 Å². The van der Waals surface area contributed by atoms with Crippen molar-refractivity contribution in [2.75, 3.05) is 38.1 Å². The Balaban J connectivity index is 1.36. The highest BCUT2D eigenvalue weighted by Crippen LogP contribution is 2.19. The number of rotatable bonds is 7. The molecule has 6 heteroatoms. The molecule has 1 atom stereocenters. The first kappa shape index (κ1) is 19.7. The molecule has 0 radical (unpaired) electrons. The molecule has 0 saturated carbocycles. The minimum atomic E-state index is -0.0313. The largest absolute Gasteiger partial charge is 0.369 e. The number of carbonyl (C=O) groups is 1. The summed E-state index contributed by atoms with van der Waals surface area (Å²) in [5.74, 6) is 0.634. The van der Waals surface area contributed by atoms with Crippen molar-refractivity contribution in [2.45, 2.75) is 18.9 Å². The molecule has 148 valence electrons. The van der Waals surface area contributed by atoms with Crippen molar-refractivity contribution >= 4 is 17.6 Å². The molecule has 1 unspecified atom stereocenters. The Hall–Kier alpha value is -3.02. The van der Waals surface area contributed by atoms with E-state index in [9.17, 15) is 4.79 Å². The maximum atomic E-state index is 12.1. The predicted molar refractivity (Wildman–Crippen MR) is 115 cm³/mol. The summed E-state index contributed by atoms with van der Waals surface area (Å²) in [5.41, 5.74) is 2.46. The van der Waals surface area contributed by atoms with Crippen LogP contribution in [0.1, 0.15) is 12.0 Å². The molecule has 0 spiro atoms. The summed E-state index contributed by atoms with van der Waals surface area (Å²) < 4.78 is 0. The number of guanidine groups is 1. The predicted octanol–water partition coefficient (Wildman–Crippen LogP) is 1.79. The normalized spacial score (nSPS) is 16.7. The number of para-hydroxylation sites is 1. The molecule has 1 heterocycles. The summed E-state index contributed by atoms with van der Waals surface area (Å²) in [6, 6.07) is 20.9. The second-order valence-electron chi connectivity index (χ2n) is 6.92. The number of hydrogen-bond acceptors (Lipinski definition) is 3. The van der Waals surface area contributed by atoms with Crippen molar-refractivity contribution in [1.29, 1.82) is 0 Å². The molecule has 0 aromatic heterocycles. The molecule has 3 N–H and O–H groups in total. The molecule has 1 saturated heterocycles. The van der Waals surface area contributed by atoms with E-state index in [1.54, 1.807) is 7.05 Å². The van der Waals surface area contributed by atoms with Crippen LogP contribution >= 0.6 is 0 Å². The first-order valence-corrected chi connectivity index (χ1v) is 9.82. The molecule has 1 aliphatic rings. The molecule has 2 aromatic carbocycles. The summed E-state index contributed by atoms with van der Waals surface area (Å²) in [5, 5.41) is 9.47. The smallest absolute Gasteiger partial charge is 0.239 e. The molecule has 1 amide bonds. The third kappa shape index (κ3) is 6.01. The minimum Gasteiger partial charge on any atom is -0.369 e. The van der Waals surface area contributed by atoms with Gasteiger partial charge in [0.05, 0.1) is 6.54 Å². The Kier molecular flexibility index (Phi) is 7.29. The van der Waals surface area contributed by atoms with E-state index in [1.807, 2.05) is 24.3 Å². The molecule has 0 aliphatic carbocycles. The molecule has 1 fully saturated rings. The molecule has 1 aliphatic heterocycles. The number of benzene rings is 2. The van der Waals surface area contributed by atoms with Gasteiger partial charge in [-0.25, -0.2) is 0 Å². The fourth-order valence-electron chi connectivity index (χ4n) is 3.36. The summed E-state index contributed by atoms with van der Waals surface area (Å²) in [6.07, 6.45) is 1.87. The van der Waals surface area contributed by atoms with Gasteiger partial charge in [-0.2, -0.15) is 0 Å². The zero-order valence-electron chi connectivity index (χ0n) is 16.4. The third-order valence-corrected chi connectivity index (χ3v) is 4.87. The lowest BCUT2D eigenvalue weighted by molar-refractivity contribution is -0.119. The van der Waals surface area contributed by atoms with Gasteiger partial charge in [0.1, 0.15) is 0 Å². The van der Waals surface area contributed by atoms with Gasteiger partial charge in [0.2, 0.25) is 5.91 Å². The van der Waals surface area contributed by atoms with Gasteiger partial charge in [-0.05, 0) is 30.5 Å². The van der Waals surface area contributed by atoms with E-state index in [4.69, 9.17) is 0 Å². The maximum Gasteiger partial charge on any atom is 0.239 e. The Morgan fingerprint density at radius 2 is 1.79 bits per heavy atom. The number of anilines is 1. The summed E-state index contributed by atoms with van der Waals surface area (Å²) in [4.78, 5) is 18.7. The van der Waals surface area contributed by atoms with E-state index in [1.165, 1.54) is 11.3 Å². The molecule has 28 heavy (non-hydrogen) atoms. The van der Waals surface area contributed by atoms with E-state index in [2.05, 4.69) is 62.2 Å². The first-order valence-electron chi connectivity index (χ1n) is 9.82. The second kappa shape index (κ2) is 10.3. The molecule has 2 aromatic rings. The highest BCUT2D eigenvalue weighted by atomic mass is 16.1. The van der Waals surface area contributed by atoms with E-state index in [-0.39, 0.29) is 12.5 Å². The Bertz CT molecular complexity index is 763. The first-order chi connectivity index (χ1) is 13.7. The van der Waals surface area contributed by atoms with Crippen molar-refractivity contribution in [1.82, 2.24) is 16.0 Å². The van der Waals surface area contributed by atoms with Crippen LogP contribution < -0.4 is 20.9 Å². The van der Waals surface area contributed by atoms with Crippen LogP contribution in [-0.4, -0.2) is 51.1 Å². The van der Waals surface area contributed by atoms with Gasteiger partial charge in [0.15, 0.2) is 5.96 Å². The van der Waals surface area contributed by atoms with Crippen molar-refractivity contribution in [3.8, 4) is 0 Å². The lowest BCUT2D eigenvalue weighted by atomic mass is 10.1. The lowest BCUT2D eigenvalue weighted by Gasteiger charge is -2.20. The highest BCUT2D eigenvalue weighted by molar-refractivity contribution is 5.86. The average Bonchev–Trinajstić information content (AvgIpc) is 3.21. The zero-order chi connectivity index (χ0) is 19.6. The molecular weight excluding hydrogens is 350 g/mol. The van der Waals surface area contributed by atoms with Gasteiger partial charge in [-0.1, -0.05) is 48.5 Å². The number of nitrogens with one attached hydrogen (secondary N) is 3. The van der Waals surface area contributed by atoms with Crippen LogP contribution in [0.3, 0.4) is 0 Å². The molecule has 0 bridgehead atoms.